The first kappa shape index (κ1) is 15.4. The Balaban J connectivity index is 1.52. The number of benzene rings is 1. The first-order valence-electron chi connectivity index (χ1n) is 8.02. The minimum absolute atomic E-state index is 0.816. The molecule has 0 radical (unpaired) electrons. The van der Waals surface area contributed by atoms with Gasteiger partial charge < -0.3 is 0 Å². The van der Waals surface area contributed by atoms with Gasteiger partial charge in [0.15, 0.2) is 5.82 Å². The van der Waals surface area contributed by atoms with E-state index < -0.39 is 0 Å². The van der Waals surface area contributed by atoms with Gasteiger partial charge in [0.1, 0.15) is 4.60 Å². The average Bonchev–Trinajstić information content (AvgIpc) is 2.62. The molecule has 0 saturated carbocycles. The highest BCUT2D eigenvalue weighted by atomic mass is 79.9. The van der Waals surface area contributed by atoms with Crippen molar-refractivity contribution in [1.82, 2.24) is 19.9 Å². The SMILES string of the molecule is Brc1cccc(CN2CCc3nc(-c4ccccc4)ncc3C2)n1. The van der Waals surface area contributed by atoms with Crippen LogP contribution in [0.2, 0.25) is 0 Å². The molecular weight excluding hydrogens is 364 g/mol. The molecule has 3 aromatic rings. The zero-order chi connectivity index (χ0) is 16.4. The van der Waals surface area contributed by atoms with Crippen LogP contribution in [-0.4, -0.2) is 26.4 Å². The van der Waals surface area contributed by atoms with Gasteiger partial charge in [0.25, 0.3) is 0 Å². The zero-order valence-corrected chi connectivity index (χ0v) is 14.8. The molecule has 0 atom stereocenters. The predicted octanol–water partition coefficient (Wildman–Crippen LogP) is 3.86. The second-order valence-corrected chi connectivity index (χ2v) is 6.76. The fourth-order valence-electron chi connectivity index (χ4n) is 3.00. The first-order chi connectivity index (χ1) is 11.8. The number of halogens is 1. The first-order valence-corrected chi connectivity index (χ1v) is 8.81. The summed E-state index contributed by atoms with van der Waals surface area (Å²) in [7, 11) is 0. The van der Waals surface area contributed by atoms with Crippen molar-refractivity contribution in [1.29, 1.82) is 0 Å². The number of pyridine rings is 1. The molecule has 5 heteroatoms. The van der Waals surface area contributed by atoms with Crippen LogP contribution in [0.25, 0.3) is 11.4 Å². The second kappa shape index (κ2) is 6.79. The molecule has 0 amide bonds. The fourth-order valence-corrected chi connectivity index (χ4v) is 3.38. The predicted molar refractivity (Wildman–Crippen MR) is 97.2 cm³/mol. The van der Waals surface area contributed by atoms with Gasteiger partial charge in [-0.3, -0.25) is 4.90 Å². The normalized spacial score (nSPS) is 14.4. The Labute approximate surface area is 149 Å². The summed E-state index contributed by atoms with van der Waals surface area (Å²) in [4.78, 5) is 16.2. The average molecular weight is 381 g/mol. The van der Waals surface area contributed by atoms with Crippen LogP contribution in [0.3, 0.4) is 0 Å². The van der Waals surface area contributed by atoms with Gasteiger partial charge in [-0.2, -0.15) is 0 Å². The van der Waals surface area contributed by atoms with Gasteiger partial charge in [0, 0.05) is 43.4 Å². The van der Waals surface area contributed by atoms with Crippen LogP contribution in [-0.2, 0) is 19.5 Å². The van der Waals surface area contributed by atoms with Gasteiger partial charge in [0.2, 0.25) is 0 Å². The molecule has 4 rings (SSSR count). The maximum Gasteiger partial charge on any atom is 0.159 e. The van der Waals surface area contributed by atoms with Gasteiger partial charge in [-0.1, -0.05) is 36.4 Å². The molecule has 0 spiro atoms. The number of hydrogen-bond acceptors (Lipinski definition) is 4. The Morgan fingerprint density at radius 1 is 1.00 bits per heavy atom. The Morgan fingerprint density at radius 3 is 2.71 bits per heavy atom. The highest BCUT2D eigenvalue weighted by Gasteiger charge is 2.19. The fraction of sp³-hybridized carbons (Fsp3) is 0.211. The van der Waals surface area contributed by atoms with Gasteiger partial charge in [-0.25, -0.2) is 15.0 Å². The lowest BCUT2D eigenvalue weighted by atomic mass is 10.1. The van der Waals surface area contributed by atoms with E-state index in [4.69, 9.17) is 4.98 Å². The molecular formula is C19H17BrN4. The number of fused-ring (bicyclic) bond motifs is 1. The lowest BCUT2D eigenvalue weighted by Crippen LogP contribution is -2.31. The van der Waals surface area contributed by atoms with Crippen molar-refractivity contribution in [2.45, 2.75) is 19.5 Å². The molecule has 0 aliphatic carbocycles. The van der Waals surface area contributed by atoms with E-state index in [-0.39, 0.29) is 0 Å². The summed E-state index contributed by atoms with van der Waals surface area (Å²) in [6.07, 6.45) is 2.93. The standard InChI is InChI=1S/C19H17BrN4/c20-18-8-4-7-16(22-18)13-24-10-9-17-15(12-24)11-21-19(23-17)14-5-2-1-3-6-14/h1-8,11H,9-10,12-13H2. The highest BCUT2D eigenvalue weighted by molar-refractivity contribution is 9.10. The molecule has 0 bridgehead atoms. The van der Waals surface area contributed by atoms with E-state index in [0.717, 1.165) is 47.7 Å². The van der Waals surface area contributed by atoms with E-state index in [1.807, 2.05) is 36.5 Å². The van der Waals surface area contributed by atoms with Crippen molar-refractivity contribution in [3.63, 3.8) is 0 Å². The largest absolute Gasteiger partial charge is 0.293 e. The Kier molecular flexibility index (Phi) is 4.36. The van der Waals surface area contributed by atoms with Gasteiger partial charge in [-0.15, -0.1) is 0 Å². The minimum atomic E-state index is 0.816. The van der Waals surface area contributed by atoms with E-state index in [9.17, 15) is 0 Å². The number of nitrogens with zero attached hydrogens (tertiary/aromatic N) is 4. The molecule has 24 heavy (non-hydrogen) atoms. The summed E-state index contributed by atoms with van der Waals surface area (Å²) < 4.78 is 0.883. The van der Waals surface area contributed by atoms with E-state index in [1.165, 1.54) is 11.3 Å². The van der Waals surface area contributed by atoms with Crippen LogP contribution in [0, 0.1) is 0 Å². The van der Waals surface area contributed by atoms with E-state index in [0.29, 0.717) is 0 Å². The monoisotopic (exact) mass is 380 g/mol. The summed E-state index contributed by atoms with van der Waals surface area (Å²) in [5.74, 6) is 0.816. The van der Waals surface area contributed by atoms with Crippen molar-refractivity contribution in [3.8, 4) is 11.4 Å². The highest BCUT2D eigenvalue weighted by Crippen LogP contribution is 2.22. The summed E-state index contributed by atoms with van der Waals surface area (Å²) in [6.45, 7) is 2.71. The molecule has 0 saturated heterocycles. The molecule has 0 fully saturated rings. The quantitative estimate of drug-likeness (QED) is 0.647. The van der Waals surface area contributed by atoms with Crippen LogP contribution in [0.1, 0.15) is 17.0 Å². The molecule has 1 aliphatic rings. The Bertz CT molecular complexity index is 851. The van der Waals surface area contributed by atoms with Gasteiger partial charge in [-0.05, 0) is 28.1 Å². The van der Waals surface area contributed by atoms with Crippen LogP contribution >= 0.6 is 15.9 Å². The number of aromatic nitrogens is 3. The van der Waals surface area contributed by atoms with Crippen molar-refractivity contribution < 1.29 is 0 Å². The van der Waals surface area contributed by atoms with Crippen LogP contribution in [0.4, 0.5) is 0 Å². The summed E-state index contributed by atoms with van der Waals surface area (Å²) >= 11 is 3.43. The third kappa shape index (κ3) is 3.37. The van der Waals surface area contributed by atoms with Crippen molar-refractivity contribution in [2.75, 3.05) is 6.54 Å². The molecule has 1 aromatic carbocycles. The van der Waals surface area contributed by atoms with Crippen LogP contribution in [0.5, 0.6) is 0 Å². The van der Waals surface area contributed by atoms with Crippen molar-refractivity contribution in [2.24, 2.45) is 0 Å². The lowest BCUT2D eigenvalue weighted by molar-refractivity contribution is 0.240. The summed E-state index contributed by atoms with van der Waals surface area (Å²) in [5.41, 5.74) is 4.54. The second-order valence-electron chi connectivity index (χ2n) is 5.94. The molecule has 120 valence electrons. The third-order valence-electron chi connectivity index (χ3n) is 4.20. The van der Waals surface area contributed by atoms with Crippen LogP contribution in [0.15, 0.2) is 59.3 Å². The molecule has 4 nitrogen and oxygen atoms in total. The van der Waals surface area contributed by atoms with Crippen molar-refractivity contribution in [3.05, 3.63) is 76.3 Å². The van der Waals surface area contributed by atoms with Crippen molar-refractivity contribution >= 4 is 15.9 Å². The third-order valence-corrected chi connectivity index (χ3v) is 4.65. The van der Waals surface area contributed by atoms with E-state index in [1.54, 1.807) is 0 Å². The smallest absolute Gasteiger partial charge is 0.159 e. The molecule has 0 N–H and O–H groups in total. The van der Waals surface area contributed by atoms with Crippen LogP contribution < -0.4 is 0 Å². The summed E-state index contributed by atoms with van der Waals surface area (Å²) in [5, 5.41) is 0. The maximum absolute atomic E-state index is 4.78. The zero-order valence-electron chi connectivity index (χ0n) is 13.2. The van der Waals surface area contributed by atoms with Gasteiger partial charge in [0.05, 0.1) is 11.4 Å². The topological polar surface area (TPSA) is 41.9 Å². The minimum Gasteiger partial charge on any atom is -0.293 e. The molecule has 0 unspecified atom stereocenters. The molecule has 3 heterocycles. The number of rotatable bonds is 3. The Morgan fingerprint density at radius 2 is 1.88 bits per heavy atom. The molecule has 1 aliphatic heterocycles. The van der Waals surface area contributed by atoms with Gasteiger partial charge >= 0.3 is 0 Å². The molecule has 2 aromatic heterocycles. The van der Waals surface area contributed by atoms with E-state index in [2.05, 4.69) is 49.0 Å². The summed E-state index contributed by atoms with van der Waals surface area (Å²) in [6, 6.07) is 16.2. The lowest BCUT2D eigenvalue weighted by Gasteiger charge is -2.27. The number of hydrogen-bond donors (Lipinski definition) is 0. The maximum atomic E-state index is 4.78. The Hall–Kier alpha value is -2.11. The van der Waals surface area contributed by atoms with E-state index >= 15 is 0 Å².